The highest BCUT2D eigenvalue weighted by Crippen LogP contribution is 2.26. The molecule has 118 valence electrons. The van der Waals surface area contributed by atoms with Crippen LogP contribution in [0.15, 0.2) is 18.3 Å². The van der Waals surface area contributed by atoms with E-state index in [9.17, 15) is 18.0 Å². The summed E-state index contributed by atoms with van der Waals surface area (Å²) in [6.07, 6.45) is -3.13. The number of carboxylic acids is 1. The first kappa shape index (κ1) is 23.5. The number of hydrogen-bond acceptors (Lipinski definition) is 3. The van der Waals surface area contributed by atoms with E-state index in [1.165, 1.54) is 12.3 Å². The van der Waals surface area contributed by atoms with Gasteiger partial charge in [-0.3, -0.25) is 9.78 Å². The molecule has 0 aromatic carbocycles. The second-order valence-electron chi connectivity index (χ2n) is 2.82. The van der Waals surface area contributed by atoms with E-state index < -0.39 is 17.8 Å². The first-order chi connectivity index (χ1) is 9.27. The first-order valence-corrected chi connectivity index (χ1v) is 6.19. The fourth-order valence-corrected chi connectivity index (χ4v) is 0.635. The molecule has 0 aliphatic rings. The summed E-state index contributed by atoms with van der Waals surface area (Å²) in [5.41, 5.74) is 4.45. The molecule has 0 atom stereocenters. The van der Waals surface area contributed by atoms with Gasteiger partial charge in [-0.1, -0.05) is 33.8 Å². The minimum absolute atomic E-state index is 0.278. The Kier molecular flexibility index (Phi) is 16.2. The molecule has 1 aromatic heterocycles. The molecular formula is C13H23F3N2O2. The van der Waals surface area contributed by atoms with E-state index >= 15 is 0 Å². The Morgan fingerprint density at radius 3 is 1.85 bits per heavy atom. The second kappa shape index (κ2) is 13.8. The van der Waals surface area contributed by atoms with Crippen molar-refractivity contribution in [1.29, 1.82) is 0 Å². The van der Waals surface area contributed by atoms with Crippen molar-refractivity contribution in [3.05, 3.63) is 29.6 Å². The number of alkyl halides is 3. The average molecular weight is 296 g/mol. The molecule has 1 rings (SSSR count). The van der Waals surface area contributed by atoms with Gasteiger partial charge in [0, 0.05) is 6.20 Å². The van der Waals surface area contributed by atoms with E-state index in [0.29, 0.717) is 0 Å². The predicted octanol–water partition coefficient (Wildman–Crippen LogP) is 3.49. The Labute approximate surface area is 117 Å². The summed E-state index contributed by atoms with van der Waals surface area (Å²) in [5.74, 6) is -0.968. The zero-order chi connectivity index (χ0) is 16.8. The molecule has 1 aromatic rings. The third-order valence-electron chi connectivity index (χ3n) is 1.38. The maximum absolute atomic E-state index is 11.9. The van der Waals surface area contributed by atoms with Crippen LogP contribution in [-0.4, -0.2) is 22.6 Å². The van der Waals surface area contributed by atoms with Crippen LogP contribution in [0.2, 0.25) is 0 Å². The number of halogens is 3. The van der Waals surface area contributed by atoms with E-state index in [4.69, 9.17) is 5.11 Å². The smallest absolute Gasteiger partial charge is 0.433 e. The topological polar surface area (TPSA) is 76.2 Å². The van der Waals surface area contributed by atoms with Crippen molar-refractivity contribution in [2.24, 2.45) is 5.73 Å². The average Bonchev–Trinajstić information content (AvgIpc) is 2.43. The highest BCUT2D eigenvalue weighted by Gasteiger charge is 2.31. The molecule has 0 bridgehead atoms. The number of aryl methyl sites for hydroxylation is 1. The minimum atomic E-state index is -4.33. The molecule has 0 unspecified atom stereocenters. The van der Waals surface area contributed by atoms with Gasteiger partial charge in [0.25, 0.3) is 0 Å². The molecule has 0 aliphatic heterocycles. The lowest BCUT2D eigenvalue weighted by atomic mass is 10.3. The van der Waals surface area contributed by atoms with Crippen molar-refractivity contribution in [3.63, 3.8) is 0 Å². The Morgan fingerprint density at radius 2 is 1.65 bits per heavy atom. The number of aromatic nitrogens is 1. The van der Waals surface area contributed by atoms with Gasteiger partial charge in [-0.15, -0.1) is 0 Å². The second-order valence-corrected chi connectivity index (χ2v) is 2.82. The molecule has 0 aliphatic carbocycles. The molecule has 0 fully saturated rings. The molecular weight excluding hydrogens is 273 g/mol. The molecule has 1 heterocycles. The van der Waals surface area contributed by atoms with Crippen molar-refractivity contribution in [2.75, 3.05) is 6.54 Å². The van der Waals surface area contributed by atoms with Crippen LogP contribution in [-0.2, 0) is 11.0 Å². The number of hydrogen-bond donors (Lipinski definition) is 2. The monoisotopic (exact) mass is 296 g/mol. The van der Waals surface area contributed by atoms with Crippen LogP contribution < -0.4 is 5.73 Å². The molecule has 3 N–H and O–H groups in total. The summed E-state index contributed by atoms with van der Waals surface area (Å²) in [6.45, 7) is 9.41. The number of aliphatic carboxylic acids is 1. The van der Waals surface area contributed by atoms with Crippen LogP contribution >= 0.6 is 0 Å². The van der Waals surface area contributed by atoms with Gasteiger partial charge in [-0.2, -0.15) is 13.2 Å². The van der Waals surface area contributed by atoms with E-state index in [-0.39, 0.29) is 6.54 Å². The summed E-state index contributed by atoms with van der Waals surface area (Å²) in [5, 5.41) is 7.60. The number of carboxylic acid groups (broad SMARTS) is 1. The maximum Gasteiger partial charge on any atom is 0.433 e. The Hall–Kier alpha value is -1.63. The summed E-state index contributed by atoms with van der Waals surface area (Å²) in [6, 6.07) is 2.35. The van der Waals surface area contributed by atoms with Crippen molar-refractivity contribution in [3.8, 4) is 0 Å². The van der Waals surface area contributed by atoms with E-state index in [1.54, 1.807) is 6.92 Å². The van der Waals surface area contributed by atoms with Crippen LogP contribution in [0.25, 0.3) is 0 Å². The number of rotatable bonds is 1. The predicted molar refractivity (Wildman–Crippen MR) is 73.4 cm³/mol. The fraction of sp³-hybridized carbons (Fsp3) is 0.538. The number of pyridine rings is 1. The van der Waals surface area contributed by atoms with Gasteiger partial charge >= 0.3 is 12.1 Å². The third-order valence-corrected chi connectivity index (χ3v) is 1.38. The van der Waals surface area contributed by atoms with Gasteiger partial charge in [-0.25, -0.2) is 0 Å². The lowest BCUT2D eigenvalue weighted by molar-refractivity contribution is -0.141. The Bertz CT molecular complexity index is 338. The molecule has 7 heteroatoms. The summed E-state index contributed by atoms with van der Waals surface area (Å²) in [4.78, 5) is 12.5. The van der Waals surface area contributed by atoms with E-state index in [2.05, 4.69) is 10.7 Å². The van der Waals surface area contributed by atoms with Gasteiger partial charge in [-0.05, 0) is 18.6 Å². The van der Waals surface area contributed by atoms with Crippen LogP contribution in [0.5, 0.6) is 0 Å². The fourth-order valence-electron chi connectivity index (χ4n) is 0.635. The van der Waals surface area contributed by atoms with Crippen LogP contribution in [0.3, 0.4) is 0 Å². The van der Waals surface area contributed by atoms with Gasteiger partial charge in [0.05, 0.1) is 6.54 Å². The Morgan fingerprint density at radius 1 is 1.25 bits per heavy atom. The SMILES string of the molecule is CC.CC.Cc1ccc(C(F)(F)F)nc1.NCC(=O)O. The number of nitrogens with zero attached hydrogens (tertiary/aromatic N) is 1. The first-order valence-electron chi connectivity index (χ1n) is 6.19. The lowest BCUT2D eigenvalue weighted by Crippen LogP contribution is -2.10. The maximum atomic E-state index is 11.9. The van der Waals surface area contributed by atoms with Crippen molar-refractivity contribution in [1.82, 2.24) is 4.98 Å². The standard InChI is InChI=1S/C7H6F3N.C2H5NO2.2C2H6/c1-5-2-3-6(11-4-5)7(8,9)10;3-1-2(4)5;2*1-2/h2-4H,1H3;1,3H2,(H,4,5);2*1-2H3. The van der Waals surface area contributed by atoms with Gasteiger partial charge in [0.15, 0.2) is 0 Å². The highest BCUT2D eigenvalue weighted by molar-refractivity contribution is 5.68. The van der Waals surface area contributed by atoms with Crippen molar-refractivity contribution < 1.29 is 23.1 Å². The van der Waals surface area contributed by atoms with Crippen LogP contribution in [0, 0.1) is 6.92 Å². The molecule has 0 spiro atoms. The molecule has 0 amide bonds. The molecule has 20 heavy (non-hydrogen) atoms. The van der Waals surface area contributed by atoms with Crippen molar-refractivity contribution in [2.45, 2.75) is 40.8 Å². The molecule has 0 saturated carbocycles. The zero-order valence-electron chi connectivity index (χ0n) is 12.5. The highest BCUT2D eigenvalue weighted by atomic mass is 19.4. The Balaban J connectivity index is -0.000000272. The molecule has 4 nitrogen and oxygen atoms in total. The van der Waals surface area contributed by atoms with Crippen molar-refractivity contribution >= 4 is 5.97 Å². The summed E-state index contributed by atoms with van der Waals surface area (Å²) < 4.78 is 35.6. The third kappa shape index (κ3) is 14.4. The van der Waals surface area contributed by atoms with Crippen LogP contribution in [0.1, 0.15) is 39.0 Å². The summed E-state index contributed by atoms with van der Waals surface area (Å²) in [7, 11) is 0. The van der Waals surface area contributed by atoms with Crippen LogP contribution in [0.4, 0.5) is 13.2 Å². The van der Waals surface area contributed by atoms with E-state index in [0.717, 1.165) is 11.6 Å². The normalized spacial score (nSPS) is 8.85. The zero-order valence-corrected chi connectivity index (χ0v) is 12.5. The van der Waals surface area contributed by atoms with Gasteiger partial charge in [0.1, 0.15) is 5.69 Å². The minimum Gasteiger partial charge on any atom is -0.480 e. The lowest BCUT2D eigenvalue weighted by Gasteiger charge is -2.03. The quantitative estimate of drug-likeness (QED) is 0.831. The molecule has 0 saturated heterocycles. The van der Waals surface area contributed by atoms with Gasteiger partial charge in [0.2, 0.25) is 0 Å². The molecule has 0 radical (unpaired) electrons. The largest absolute Gasteiger partial charge is 0.480 e. The summed E-state index contributed by atoms with van der Waals surface area (Å²) >= 11 is 0. The number of carbonyl (C=O) groups is 1. The van der Waals surface area contributed by atoms with E-state index in [1.807, 2.05) is 27.7 Å². The van der Waals surface area contributed by atoms with Gasteiger partial charge < -0.3 is 10.8 Å². The number of nitrogens with two attached hydrogens (primary N) is 1.